The summed E-state index contributed by atoms with van der Waals surface area (Å²) in [5, 5.41) is 3.07. The van der Waals surface area contributed by atoms with Gasteiger partial charge in [-0.15, -0.1) is 0 Å². The Labute approximate surface area is 90.4 Å². The van der Waals surface area contributed by atoms with Gasteiger partial charge in [-0.05, 0) is 46.3 Å². The van der Waals surface area contributed by atoms with E-state index in [0.717, 1.165) is 15.9 Å². The van der Waals surface area contributed by atoms with Crippen LogP contribution in [0.15, 0.2) is 22.7 Å². The van der Waals surface area contributed by atoms with Crippen molar-refractivity contribution in [3.63, 3.8) is 0 Å². The zero-order chi connectivity index (χ0) is 9.84. The molecule has 0 aliphatic carbocycles. The lowest BCUT2D eigenvalue weighted by molar-refractivity contribution is 0.414. The average molecular weight is 261 g/mol. The van der Waals surface area contributed by atoms with Crippen molar-refractivity contribution in [2.24, 2.45) is 5.73 Å². The van der Waals surface area contributed by atoms with Gasteiger partial charge in [0.05, 0.1) is 12.8 Å². The lowest BCUT2D eigenvalue weighted by Gasteiger charge is -2.07. The van der Waals surface area contributed by atoms with Crippen LogP contribution in [-0.2, 0) is 0 Å². The summed E-state index contributed by atoms with van der Waals surface area (Å²) in [6.45, 7) is 0. The fourth-order valence-electron chi connectivity index (χ4n) is 0.857. The molecule has 3 N–H and O–H groups in total. The summed E-state index contributed by atoms with van der Waals surface area (Å²) in [5.41, 5.74) is 6.16. The van der Waals surface area contributed by atoms with Gasteiger partial charge in [0, 0.05) is 4.47 Å². The minimum absolute atomic E-state index is 0.242. The highest BCUT2D eigenvalue weighted by atomic mass is 79.9. The molecule has 70 valence electrons. The molecular formula is C8H9BrN2OS. The fourth-order valence-corrected chi connectivity index (χ4v) is 1.42. The predicted molar refractivity (Wildman–Crippen MR) is 61.1 cm³/mol. The van der Waals surface area contributed by atoms with Gasteiger partial charge in [-0.25, -0.2) is 0 Å². The zero-order valence-corrected chi connectivity index (χ0v) is 9.41. The summed E-state index contributed by atoms with van der Waals surface area (Å²) in [4.78, 5) is 0. The summed E-state index contributed by atoms with van der Waals surface area (Å²) < 4.78 is 5.89. The van der Waals surface area contributed by atoms with E-state index in [9.17, 15) is 0 Å². The molecule has 0 amide bonds. The minimum atomic E-state index is 0.242. The van der Waals surface area contributed by atoms with Crippen LogP contribution in [0.4, 0.5) is 5.69 Å². The quantitative estimate of drug-likeness (QED) is 0.800. The number of halogens is 1. The van der Waals surface area contributed by atoms with Gasteiger partial charge in [0.2, 0.25) is 0 Å². The van der Waals surface area contributed by atoms with Crippen molar-refractivity contribution < 1.29 is 4.74 Å². The lowest BCUT2D eigenvalue weighted by Crippen LogP contribution is -2.19. The summed E-state index contributed by atoms with van der Waals surface area (Å²) in [7, 11) is 1.61. The third-order valence-electron chi connectivity index (χ3n) is 1.43. The standard InChI is InChI=1S/C8H9BrN2OS/c1-12-5-2-3-7(6(9)4-5)11-8(10)13/h2-4H,1H3,(H3,10,11,13). The van der Waals surface area contributed by atoms with Gasteiger partial charge < -0.3 is 15.8 Å². The van der Waals surface area contributed by atoms with Gasteiger partial charge in [0.25, 0.3) is 0 Å². The molecule has 0 aliphatic rings. The fraction of sp³-hybridized carbons (Fsp3) is 0.125. The second-order valence-electron chi connectivity index (χ2n) is 2.34. The van der Waals surface area contributed by atoms with E-state index in [1.54, 1.807) is 7.11 Å². The topological polar surface area (TPSA) is 47.3 Å². The van der Waals surface area contributed by atoms with Gasteiger partial charge >= 0.3 is 0 Å². The molecule has 0 saturated heterocycles. The van der Waals surface area contributed by atoms with Gasteiger partial charge in [-0.3, -0.25) is 0 Å². The Bertz CT molecular complexity index is 330. The minimum Gasteiger partial charge on any atom is -0.497 e. The molecule has 5 heteroatoms. The smallest absolute Gasteiger partial charge is 0.168 e. The number of thiocarbonyl (C=S) groups is 1. The number of hydrogen-bond donors (Lipinski definition) is 2. The highest BCUT2D eigenvalue weighted by Gasteiger charge is 2.01. The summed E-state index contributed by atoms with van der Waals surface area (Å²) in [6.07, 6.45) is 0. The van der Waals surface area contributed by atoms with E-state index < -0.39 is 0 Å². The van der Waals surface area contributed by atoms with E-state index in [0.29, 0.717) is 0 Å². The van der Waals surface area contributed by atoms with Gasteiger partial charge in [-0.2, -0.15) is 0 Å². The lowest BCUT2D eigenvalue weighted by atomic mass is 10.3. The molecule has 1 aromatic carbocycles. The monoisotopic (exact) mass is 260 g/mol. The van der Waals surface area contributed by atoms with E-state index in [2.05, 4.69) is 21.2 Å². The molecule has 0 fully saturated rings. The third kappa shape index (κ3) is 2.86. The molecule has 0 aliphatic heterocycles. The van der Waals surface area contributed by atoms with Crippen LogP contribution in [0.25, 0.3) is 0 Å². The van der Waals surface area contributed by atoms with Crippen molar-refractivity contribution >= 4 is 38.9 Å². The Morgan fingerprint density at radius 2 is 2.31 bits per heavy atom. The van der Waals surface area contributed by atoms with Crippen LogP contribution in [-0.4, -0.2) is 12.2 Å². The molecule has 0 unspecified atom stereocenters. The van der Waals surface area contributed by atoms with Crippen LogP contribution in [0.2, 0.25) is 0 Å². The maximum atomic E-state index is 5.33. The number of ether oxygens (including phenoxy) is 1. The molecular weight excluding hydrogens is 252 g/mol. The Morgan fingerprint density at radius 1 is 1.62 bits per heavy atom. The molecule has 0 atom stereocenters. The van der Waals surface area contributed by atoms with Crippen LogP contribution < -0.4 is 15.8 Å². The van der Waals surface area contributed by atoms with E-state index in [4.69, 9.17) is 22.7 Å². The maximum absolute atomic E-state index is 5.33. The molecule has 1 rings (SSSR count). The molecule has 1 aromatic rings. The second kappa shape index (κ2) is 4.43. The second-order valence-corrected chi connectivity index (χ2v) is 3.63. The van der Waals surface area contributed by atoms with Crippen LogP contribution in [0.3, 0.4) is 0 Å². The molecule has 13 heavy (non-hydrogen) atoms. The first-order chi connectivity index (χ1) is 6.13. The van der Waals surface area contributed by atoms with E-state index in [1.807, 2.05) is 18.2 Å². The van der Waals surface area contributed by atoms with Gasteiger partial charge in [0.15, 0.2) is 5.11 Å². The Hall–Kier alpha value is -0.810. The molecule has 3 nitrogen and oxygen atoms in total. The van der Waals surface area contributed by atoms with Crippen molar-refractivity contribution in [1.29, 1.82) is 0 Å². The summed E-state index contributed by atoms with van der Waals surface area (Å²) >= 11 is 8.07. The number of rotatable bonds is 2. The third-order valence-corrected chi connectivity index (χ3v) is 2.19. The van der Waals surface area contributed by atoms with Gasteiger partial charge in [0.1, 0.15) is 5.75 Å². The Morgan fingerprint density at radius 3 is 2.77 bits per heavy atom. The summed E-state index contributed by atoms with van der Waals surface area (Å²) in [6, 6.07) is 5.49. The number of methoxy groups -OCH3 is 1. The first-order valence-corrected chi connectivity index (χ1v) is 4.73. The highest BCUT2D eigenvalue weighted by Crippen LogP contribution is 2.26. The maximum Gasteiger partial charge on any atom is 0.168 e. The molecule has 0 bridgehead atoms. The van der Waals surface area contributed by atoms with Crippen molar-refractivity contribution in [2.75, 3.05) is 12.4 Å². The van der Waals surface area contributed by atoms with Gasteiger partial charge in [-0.1, -0.05) is 0 Å². The van der Waals surface area contributed by atoms with Crippen LogP contribution >= 0.6 is 28.1 Å². The largest absolute Gasteiger partial charge is 0.497 e. The number of anilines is 1. The van der Waals surface area contributed by atoms with Crippen molar-refractivity contribution in [3.05, 3.63) is 22.7 Å². The van der Waals surface area contributed by atoms with Crippen LogP contribution in [0.1, 0.15) is 0 Å². The van der Waals surface area contributed by atoms with Crippen molar-refractivity contribution in [3.8, 4) is 5.75 Å². The van der Waals surface area contributed by atoms with E-state index in [-0.39, 0.29) is 5.11 Å². The normalized spacial score (nSPS) is 9.38. The number of nitrogens with one attached hydrogen (secondary N) is 1. The Balaban J connectivity index is 2.91. The molecule has 0 heterocycles. The number of nitrogens with two attached hydrogens (primary N) is 1. The SMILES string of the molecule is COc1ccc(NC(N)=S)c(Br)c1. The van der Waals surface area contributed by atoms with Crippen LogP contribution in [0.5, 0.6) is 5.75 Å². The molecule has 0 radical (unpaired) electrons. The predicted octanol–water partition coefficient (Wildman–Crippen LogP) is 2.11. The molecule has 0 spiro atoms. The number of hydrogen-bond acceptors (Lipinski definition) is 2. The first-order valence-electron chi connectivity index (χ1n) is 3.53. The average Bonchev–Trinajstić information content (AvgIpc) is 2.08. The van der Waals surface area contributed by atoms with E-state index >= 15 is 0 Å². The zero-order valence-electron chi connectivity index (χ0n) is 7.00. The Kier molecular flexibility index (Phi) is 3.50. The highest BCUT2D eigenvalue weighted by molar-refractivity contribution is 9.10. The molecule has 0 aromatic heterocycles. The van der Waals surface area contributed by atoms with Crippen molar-refractivity contribution in [1.82, 2.24) is 0 Å². The summed E-state index contributed by atoms with van der Waals surface area (Å²) in [5.74, 6) is 0.778. The van der Waals surface area contributed by atoms with Crippen LogP contribution in [0, 0.1) is 0 Å². The molecule has 0 saturated carbocycles. The first kappa shape index (κ1) is 10.3. The van der Waals surface area contributed by atoms with E-state index in [1.165, 1.54) is 0 Å². The number of benzene rings is 1. The van der Waals surface area contributed by atoms with Crippen molar-refractivity contribution in [2.45, 2.75) is 0 Å².